The van der Waals surface area contributed by atoms with Gasteiger partial charge < -0.3 is 9.64 Å². The van der Waals surface area contributed by atoms with E-state index in [1.54, 1.807) is 40.7 Å². The molecule has 0 unspecified atom stereocenters. The summed E-state index contributed by atoms with van der Waals surface area (Å²) in [6.07, 6.45) is 0.680. The standard InChI is InChI=1S/C19H15N3O4S/c23-19(21-7-6-13-4-5-16(22(24)25)9-18(13)21)14-2-1-3-17(8-14)26-10-15-11-27-12-20-15/h1-5,8-9,11-12H,6-7,10H2. The van der Waals surface area contributed by atoms with Crippen molar-refractivity contribution in [3.05, 3.63) is 80.3 Å². The minimum absolute atomic E-state index is 0.0196. The van der Waals surface area contributed by atoms with Crippen molar-refractivity contribution in [1.82, 2.24) is 4.98 Å². The van der Waals surface area contributed by atoms with Crippen molar-refractivity contribution in [2.45, 2.75) is 13.0 Å². The number of nitrogens with zero attached hydrogens (tertiary/aromatic N) is 3. The molecule has 2 heterocycles. The topological polar surface area (TPSA) is 85.6 Å². The Bertz CT molecular complexity index is 1000. The molecular weight excluding hydrogens is 366 g/mol. The second-order valence-corrected chi connectivity index (χ2v) is 6.79. The third-order valence-electron chi connectivity index (χ3n) is 4.37. The number of carbonyl (C=O) groups excluding carboxylic acids is 1. The SMILES string of the molecule is O=C(c1cccc(OCc2cscn2)c1)N1CCc2ccc([N+](=O)[O-])cc21. The monoisotopic (exact) mass is 381 g/mol. The smallest absolute Gasteiger partial charge is 0.271 e. The number of thiazole rings is 1. The predicted octanol–water partition coefficient (Wildman–Crippen LogP) is 3.83. The van der Waals surface area contributed by atoms with Crippen LogP contribution in [-0.4, -0.2) is 22.4 Å². The maximum Gasteiger partial charge on any atom is 0.271 e. The Hall–Kier alpha value is -3.26. The van der Waals surface area contributed by atoms with Crippen LogP contribution in [0.5, 0.6) is 5.75 Å². The molecular formula is C19H15N3O4S. The fourth-order valence-corrected chi connectivity index (χ4v) is 3.58. The van der Waals surface area contributed by atoms with Crippen LogP contribution in [0.15, 0.2) is 53.4 Å². The summed E-state index contributed by atoms with van der Waals surface area (Å²) in [5.74, 6) is 0.376. The number of benzene rings is 2. The molecule has 1 aliphatic heterocycles. The average molecular weight is 381 g/mol. The number of amides is 1. The van der Waals surface area contributed by atoms with E-state index < -0.39 is 4.92 Å². The molecule has 0 spiro atoms. The van der Waals surface area contributed by atoms with Gasteiger partial charge in [0.2, 0.25) is 0 Å². The molecule has 4 rings (SSSR count). The fraction of sp³-hybridized carbons (Fsp3) is 0.158. The number of aromatic nitrogens is 1. The quantitative estimate of drug-likeness (QED) is 0.495. The van der Waals surface area contributed by atoms with E-state index in [1.165, 1.54) is 23.5 Å². The van der Waals surface area contributed by atoms with E-state index in [-0.39, 0.29) is 11.6 Å². The molecule has 7 nitrogen and oxygen atoms in total. The van der Waals surface area contributed by atoms with Crippen LogP contribution in [0, 0.1) is 10.1 Å². The number of hydrogen-bond acceptors (Lipinski definition) is 6. The van der Waals surface area contributed by atoms with Crippen molar-refractivity contribution in [3.63, 3.8) is 0 Å². The maximum atomic E-state index is 13.0. The zero-order valence-corrected chi connectivity index (χ0v) is 15.0. The lowest BCUT2D eigenvalue weighted by Gasteiger charge is -2.17. The molecule has 1 amide bonds. The fourth-order valence-electron chi connectivity index (χ4n) is 3.03. The number of carbonyl (C=O) groups is 1. The first-order chi connectivity index (χ1) is 13.1. The molecule has 0 aliphatic carbocycles. The lowest BCUT2D eigenvalue weighted by Crippen LogP contribution is -2.28. The molecule has 3 aromatic rings. The molecule has 27 heavy (non-hydrogen) atoms. The lowest BCUT2D eigenvalue weighted by molar-refractivity contribution is -0.384. The van der Waals surface area contributed by atoms with E-state index in [0.717, 1.165) is 11.3 Å². The highest BCUT2D eigenvalue weighted by atomic mass is 32.1. The van der Waals surface area contributed by atoms with Gasteiger partial charge in [0, 0.05) is 29.6 Å². The minimum Gasteiger partial charge on any atom is -0.487 e. The second-order valence-electron chi connectivity index (χ2n) is 6.07. The van der Waals surface area contributed by atoms with Crippen molar-refractivity contribution >= 4 is 28.6 Å². The Balaban J connectivity index is 1.55. The highest BCUT2D eigenvalue weighted by Gasteiger charge is 2.27. The molecule has 0 saturated heterocycles. The zero-order chi connectivity index (χ0) is 18.8. The van der Waals surface area contributed by atoms with Gasteiger partial charge in [-0.05, 0) is 30.2 Å². The predicted molar refractivity (Wildman–Crippen MR) is 101 cm³/mol. The number of non-ortho nitro benzene ring substituents is 1. The number of nitro benzene ring substituents is 1. The number of ether oxygens (including phenoxy) is 1. The van der Waals surface area contributed by atoms with Crippen molar-refractivity contribution in [1.29, 1.82) is 0 Å². The summed E-state index contributed by atoms with van der Waals surface area (Å²) in [5, 5.41) is 12.9. The van der Waals surface area contributed by atoms with Gasteiger partial charge in [0.15, 0.2) is 0 Å². The van der Waals surface area contributed by atoms with Gasteiger partial charge in [-0.15, -0.1) is 11.3 Å². The van der Waals surface area contributed by atoms with Crippen molar-refractivity contribution < 1.29 is 14.5 Å². The molecule has 1 aromatic heterocycles. The lowest BCUT2D eigenvalue weighted by atomic mass is 10.1. The van der Waals surface area contributed by atoms with Crippen LogP contribution in [0.3, 0.4) is 0 Å². The van der Waals surface area contributed by atoms with Gasteiger partial charge in [0.25, 0.3) is 11.6 Å². The molecule has 8 heteroatoms. The van der Waals surface area contributed by atoms with Gasteiger partial charge in [-0.2, -0.15) is 0 Å². The van der Waals surface area contributed by atoms with Crippen LogP contribution in [0.2, 0.25) is 0 Å². The van der Waals surface area contributed by atoms with Crippen molar-refractivity contribution in [3.8, 4) is 5.75 Å². The number of anilines is 1. The summed E-state index contributed by atoms with van der Waals surface area (Å²) >= 11 is 1.50. The molecule has 0 atom stereocenters. The summed E-state index contributed by atoms with van der Waals surface area (Å²) in [7, 11) is 0. The van der Waals surface area contributed by atoms with Crippen LogP contribution in [0.4, 0.5) is 11.4 Å². The van der Waals surface area contributed by atoms with E-state index in [9.17, 15) is 14.9 Å². The van der Waals surface area contributed by atoms with Crippen LogP contribution < -0.4 is 9.64 Å². The normalized spacial score (nSPS) is 12.7. The molecule has 1 aliphatic rings. The summed E-state index contributed by atoms with van der Waals surface area (Å²) < 4.78 is 5.71. The second kappa shape index (κ2) is 7.16. The maximum absolute atomic E-state index is 13.0. The van der Waals surface area contributed by atoms with E-state index in [2.05, 4.69) is 4.98 Å². The molecule has 136 valence electrons. The van der Waals surface area contributed by atoms with Gasteiger partial charge in [-0.1, -0.05) is 12.1 Å². The van der Waals surface area contributed by atoms with E-state index in [4.69, 9.17) is 4.74 Å². The van der Waals surface area contributed by atoms with Gasteiger partial charge in [-0.25, -0.2) is 4.98 Å². The number of rotatable bonds is 5. The molecule has 2 aromatic carbocycles. The summed E-state index contributed by atoms with van der Waals surface area (Å²) in [6.45, 7) is 0.832. The highest BCUT2D eigenvalue weighted by Crippen LogP contribution is 2.33. The van der Waals surface area contributed by atoms with Crippen LogP contribution in [-0.2, 0) is 13.0 Å². The first kappa shape index (κ1) is 17.2. The van der Waals surface area contributed by atoms with Crippen molar-refractivity contribution in [2.24, 2.45) is 0 Å². The average Bonchev–Trinajstić information content (AvgIpc) is 3.35. The molecule has 0 bridgehead atoms. The first-order valence-electron chi connectivity index (χ1n) is 8.31. The number of fused-ring (bicyclic) bond motifs is 1. The number of hydrogen-bond donors (Lipinski definition) is 0. The zero-order valence-electron chi connectivity index (χ0n) is 14.2. The largest absolute Gasteiger partial charge is 0.487 e. The van der Waals surface area contributed by atoms with Gasteiger partial charge in [0.05, 0.1) is 21.8 Å². The van der Waals surface area contributed by atoms with E-state index >= 15 is 0 Å². The molecule has 0 radical (unpaired) electrons. The van der Waals surface area contributed by atoms with Gasteiger partial charge in [0.1, 0.15) is 12.4 Å². The third kappa shape index (κ3) is 3.52. The Kier molecular flexibility index (Phi) is 4.55. The minimum atomic E-state index is -0.450. The van der Waals surface area contributed by atoms with E-state index in [0.29, 0.717) is 36.6 Å². The summed E-state index contributed by atoms with van der Waals surface area (Å²) in [4.78, 5) is 29.3. The van der Waals surface area contributed by atoms with E-state index in [1.807, 2.05) is 5.38 Å². The van der Waals surface area contributed by atoms with Gasteiger partial charge in [-0.3, -0.25) is 14.9 Å². The van der Waals surface area contributed by atoms with Crippen LogP contribution >= 0.6 is 11.3 Å². The Morgan fingerprint density at radius 2 is 2.19 bits per heavy atom. The molecule has 0 saturated carbocycles. The van der Waals surface area contributed by atoms with Gasteiger partial charge >= 0.3 is 0 Å². The molecule has 0 fully saturated rings. The van der Waals surface area contributed by atoms with Crippen LogP contribution in [0.1, 0.15) is 21.6 Å². The summed E-state index contributed by atoms with van der Waals surface area (Å²) in [6, 6.07) is 11.6. The highest BCUT2D eigenvalue weighted by molar-refractivity contribution is 7.07. The Morgan fingerprint density at radius 1 is 1.30 bits per heavy atom. The Morgan fingerprint density at radius 3 is 2.96 bits per heavy atom. The summed E-state index contributed by atoms with van der Waals surface area (Å²) in [5.41, 5.74) is 4.56. The Labute approximate surface area is 159 Å². The third-order valence-corrected chi connectivity index (χ3v) is 5.01. The first-order valence-corrected chi connectivity index (χ1v) is 9.25. The van der Waals surface area contributed by atoms with Crippen LogP contribution in [0.25, 0.3) is 0 Å². The van der Waals surface area contributed by atoms with Crippen molar-refractivity contribution in [2.75, 3.05) is 11.4 Å². The number of nitro groups is 1. The molecule has 0 N–H and O–H groups in total.